The molecule has 1 heterocycles. The number of carbonyl (C=O) groups is 1. The van der Waals surface area contributed by atoms with Gasteiger partial charge in [0.25, 0.3) is 0 Å². The average molecular weight is 507 g/mol. The standard InChI is InChI=1S/C25H26N6O4S/c1-16-19(13-27-23-28-14-21(31(33)34)22(30-23)36-15-26)9-6-10-20(16)18-8-5-7-17(11-18)12-29-24(32)35-25(2,3)4/h5-11,14H,12-13H2,1-4H3,(H,29,32)(H,27,28,30). The summed E-state index contributed by atoms with van der Waals surface area (Å²) in [5.74, 6) is 0.193. The molecule has 0 saturated carbocycles. The zero-order valence-corrected chi connectivity index (χ0v) is 21.2. The molecule has 0 aliphatic heterocycles. The Morgan fingerprint density at radius 3 is 2.67 bits per heavy atom. The zero-order valence-electron chi connectivity index (χ0n) is 20.4. The van der Waals surface area contributed by atoms with Gasteiger partial charge in [0, 0.05) is 24.9 Å². The van der Waals surface area contributed by atoms with E-state index in [1.165, 1.54) is 0 Å². The minimum absolute atomic E-state index is 0.0118. The lowest BCUT2D eigenvalue weighted by molar-refractivity contribution is -0.388. The number of nitro groups is 1. The van der Waals surface area contributed by atoms with Crippen LogP contribution in [-0.2, 0) is 17.8 Å². The number of aromatic nitrogens is 2. The fourth-order valence-corrected chi connectivity index (χ4v) is 3.84. The zero-order chi connectivity index (χ0) is 26.3. The third-order valence-corrected chi connectivity index (χ3v) is 5.62. The van der Waals surface area contributed by atoms with E-state index in [4.69, 9.17) is 10.00 Å². The van der Waals surface area contributed by atoms with Crippen LogP contribution in [-0.4, -0.2) is 26.6 Å². The molecular formula is C25H26N6O4S. The van der Waals surface area contributed by atoms with Crippen LogP contribution in [0, 0.1) is 27.7 Å². The number of nitrogens with one attached hydrogen (secondary N) is 2. The van der Waals surface area contributed by atoms with E-state index in [2.05, 4.69) is 20.6 Å². The van der Waals surface area contributed by atoms with Crippen LogP contribution in [0.2, 0.25) is 0 Å². The number of carbonyl (C=O) groups excluding carboxylic acids is 1. The predicted molar refractivity (Wildman–Crippen MR) is 137 cm³/mol. The summed E-state index contributed by atoms with van der Waals surface area (Å²) >= 11 is 0.617. The summed E-state index contributed by atoms with van der Waals surface area (Å²) in [4.78, 5) is 30.6. The Hall–Kier alpha value is -4.17. The number of amides is 1. The first kappa shape index (κ1) is 26.4. The van der Waals surface area contributed by atoms with Crippen LogP contribution in [0.4, 0.5) is 16.4 Å². The molecule has 10 nitrogen and oxygen atoms in total. The largest absolute Gasteiger partial charge is 0.444 e. The second-order valence-electron chi connectivity index (χ2n) is 8.83. The van der Waals surface area contributed by atoms with Crippen molar-refractivity contribution in [2.45, 2.75) is 51.4 Å². The van der Waals surface area contributed by atoms with E-state index in [9.17, 15) is 14.9 Å². The number of alkyl carbamates (subject to hydrolysis) is 1. The molecule has 1 aromatic heterocycles. The van der Waals surface area contributed by atoms with Crippen molar-refractivity contribution in [3.8, 4) is 16.5 Å². The first-order valence-electron chi connectivity index (χ1n) is 11.0. The maximum absolute atomic E-state index is 12.0. The Morgan fingerprint density at radius 2 is 1.97 bits per heavy atom. The van der Waals surface area contributed by atoms with Gasteiger partial charge in [-0.05, 0) is 61.6 Å². The molecule has 0 spiro atoms. The number of thioether (sulfide) groups is 1. The number of rotatable bonds is 8. The Kier molecular flexibility index (Phi) is 8.45. The van der Waals surface area contributed by atoms with Gasteiger partial charge in [0.1, 0.15) is 17.2 Å². The van der Waals surface area contributed by atoms with Crippen molar-refractivity contribution in [3.63, 3.8) is 0 Å². The minimum atomic E-state index is -0.617. The number of anilines is 1. The maximum Gasteiger partial charge on any atom is 0.407 e. The van der Waals surface area contributed by atoms with Gasteiger partial charge in [0.2, 0.25) is 5.95 Å². The van der Waals surface area contributed by atoms with Crippen LogP contribution in [0.15, 0.2) is 53.7 Å². The van der Waals surface area contributed by atoms with Crippen molar-refractivity contribution in [1.82, 2.24) is 15.3 Å². The third kappa shape index (κ3) is 7.16. The second kappa shape index (κ2) is 11.5. The number of nitrogens with zero attached hydrogens (tertiary/aromatic N) is 4. The summed E-state index contributed by atoms with van der Waals surface area (Å²) < 4.78 is 5.29. The molecule has 11 heteroatoms. The molecule has 2 N–H and O–H groups in total. The molecule has 1 amide bonds. The molecule has 0 radical (unpaired) electrons. The van der Waals surface area contributed by atoms with Gasteiger partial charge in [-0.15, -0.1) is 0 Å². The number of hydrogen-bond donors (Lipinski definition) is 2. The molecule has 0 fully saturated rings. The van der Waals surface area contributed by atoms with Crippen LogP contribution in [0.25, 0.3) is 11.1 Å². The lowest BCUT2D eigenvalue weighted by atomic mass is 9.95. The number of benzene rings is 2. The topological polar surface area (TPSA) is 143 Å². The number of nitriles is 1. The Balaban J connectivity index is 1.74. The summed E-state index contributed by atoms with van der Waals surface area (Å²) in [5, 5.41) is 27.7. The Labute approximate surface area is 213 Å². The minimum Gasteiger partial charge on any atom is -0.444 e. The van der Waals surface area contributed by atoms with Gasteiger partial charge in [0.05, 0.1) is 4.92 Å². The summed E-state index contributed by atoms with van der Waals surface area (Å²) in [6, 6.07) is 13.8. The van der Waals surface area contributed by atoms with Gasteiger partial charge in [-0.2, -0.15) is 10.2 Å². The first-order valence-corrected chi connectivity index (χ1v) is 11.8. The van der Waals surface area contributed by atoms with Gasteiger partial charge >= 0.3 is 11.8 Å². The highest BCUT2D eigenvalue weighted by molar-refractivity contribution is 8.03. The number of hydrogen-bond acceptors (Lipinski definition) is 9. The van der Waals surface area contributed by atoms with Crippen LogP contribution < -0.4 is 10.6 Å². The van der Waals surface area contributed by atoms with E-state index >= 15 is 0 Å². The Bertz CT molecular complexity index is 1320. The van der Waals surface area contributed by atoms with E-state index in [-0.39, 0.29) is 16.7 Å². The molecule has 3 aromatic rings. The highest BCUT2D eigenvalue weighted by Crippen LogP contribution is 2.28. The van der Waals surface area contributed by atoms with Crippen molar-refractivity contribution in [3.05, 3.63) is 75.5 Å². The van der Waals surface area contributed by atoms with Crippen molar-refractivity contribution < 1.29 is 14.5 Å². The molecule has 36 heavy (non-hydrogen) atoms. The molecule has 0 bridgehead atoms. The van der Waals surface area contributed by atoms with Gasteiger partial charge in [-0.1, -0.05) is 36.4 Å². The molecular weight excluding hydrogens is 480 g/mol. The lowest BCUT2D eigenvalue weighted by Crippen LogP contribution is -2.32. The third-order valence-electron chi connectivity index (χ3n) is 5.03. The number of thiocyanates is 1. The van der Waals surface area contributed by atoms with Gasteiger partial charge < -0.3 is 15.4 Å². The smallest absolute Gasteiger partial charge is 0.407 e. The second-order valence-corrected chi connectivity index (χ2v) is 9.61. The van der Waals surface area contributed by atoms with Gasteiger partial charge in [-0.3, -0.25) is 10.1 Å². The number of ether oxygens (including phenoxy) is 1. The van der Waals surface area contributed by atoms with Crippen LogP contribution in [0.3, 0.4) is 0 Å². The highest BCUT2D eigenvalue weighted by atomic mass is 32.2. The molecule has 0 saturated heterocycles. The summed E-state index contributed by atoms with van der Waals surface area (Å²) in [6.07, 6.45) is 0.622. The van der Waals surface area contributed by atoms with E-state index in [0.717, 1.165) is 34.0 Å². The van der Waals surface area contributed by atoms with Crippen molar-refractivity contribution in [1.29, 1.82) is 5.26 Å². The van der Waals surface area contributed by atoms with Crippen LogP contribution in [0.5, 0.6) is 0 Å². The normalized spacial score (nSPS) is 10.9. The summed E-state index contributed by atoms with van der Waals surface area (Å²) in [6.45, 7) is 8.17. The van der Waals surface area contributed by atoms with Crippen molar-refractivity contribution in [2.75, 3.05) is 5.32 Å². The van der Waals surface area contributed by atoms with Gasteiger partial charge in [0.15, 0.2) is 5.03 Å². The molecule has 2 aromatic carbocycles. The highest BCUT2D eigenvalue weighted by Gasteiger charge is 2.18. The van der Waals surface area contributed by atoms with E-state index in [0.29, 0.717) is 24.9 Å². The maximum atomic E-state index is 12.0. The van der Waals surface area contributed by atoms with E-state index in [1.807, 2.05) is 75.6 Å². The SMILES string of the molecule is Cc1c(CNc2ncc([N+](=O)[O-])c(SC#N)n2)cccc1-c1cccc(CNC(=O)OC(C)(C)C)c1. The van der Waals surface area contributed by atoms with Crippen molar-refractivity contribution >= 4 is 29.5 Å². The fraction of sp³-hybridized carbons (Fsp3) is 0.280. The molecule has 0 unspecified atom stereocenters. The predicted octanol–water partition coefficient (Wildman–Crippen LogP) is 5.57. The lowest BCUT2D eigenvalue weighted by Gasteiger charge is -2.19. The van der Waals surface area contributed by atoms with Crippen molar-refractivity contribution in [2.24, 2.45) is 0 Å². The van der Waals surface area contributed by atoms with E-state index < -0.39 is 16.6 Å². The Morgan fingerprint density at radius 1 is 1.22 bits per heavy atom. The quantitative estimate of drug-likeness (QED) is 0.132. The monoisotopic (exact) mass is 506 g/mol. The molecule has 186 valence electrons. The molecule has 0 aliphatic carbocycles. The van der Waals surface area contributed by atoms with E-state index in [1.54, 1.807) is 0 Å². The first-order chi connectivity index (χ1) is 17.1. The molecule has 3 rings (SSSR count). The molecule has 0 atom stereocenters. The fourth-order valence-electron chi connectivity index (χ4n) is 3.39. The summed E-state index contributed by atoms with van der Waals surface area (Å²) in [5.41, 5.74) is 4.11. The van der Waals surface area contributed by atoms with Crippen LogP contribution >= 0.6 is 11.8 Å². The van der Waals surface area contributed by atoms with Gasteiger partial charge in [-0.25, -0.2) is 9.78 Å². The molecule has 0 aliphatic rings. The summed E-state index contributed by atoms with van der Waals surface area (Å²) in [7, 11) is 0. The average Bonchev–Trinajstić information content (AvgIpc) is 2.81. The van der Waals surface area contributed by atoms with Crippen LogP contribution in [0.1, 0.15) is 37.5 Å².